The molecule has 1 saturated carbocycles. The van der Waals surface area contributed by atoms with Gasteiger partial charge in [0.2, 0.25) is 0 Å². The maximum atomic E-state index is 4.50. The van der Waals surface area contributed by atoms with Crippen LogP contribution in [0.2, 0.25) is 0 Å². The first-order valence-electron chi connectivity index (χ1n) is 9.09. The van der Waals surface area contributed by atoms with E-state index < -0.39 is 0 Å². The molecular formula is C20H26N2. The van der Waals surface area contributed by atoms with Crippen LogP contribution < -0.4 is 0 Å². The number of likely N-dealkylation sites (tertiary alicyclic amines) is 1. The normalized spacial score (nSPS) is 39.5. The molecule has 2 heteroatoms. The zero-order chi connectivity index (χ0) is 14.9. The predicted octanol–water partition coefficient (Wildman–Crippen LogP) is 4.46. The Morgan fingerprint density at radius 3 is 3.00 bits per heavy atom. The fraction of sp³-hybridized carbons (Fsp3) is 0.650. The first kappa shape index (κ1) is 13.2. The van der Waals surface area contributed by atoms with E-state index in [0.29, 0.717) is 11.3 Å². The molecule has 2 nitrogen and oxygen atoms in total. The van der Waals surface area contributed by atoms with Gasteiger partial charge in [-0.05, 0) is 73.0 Å². The van der Waals surface area contributed by atoms with Crippen LogP contribution in [-0.4, -0.2) is 23.7 Å². The number of fused-ring (bicyclic) bond motifs is 1. The van der Waals surface area contributed by atoms with Crippen LogP contribution in [0.1, 0.15) is 52.4 Å². The Morgan fingerprint density at radius 2 is 2.18 bits per heavy atom. The molecule has 3 unspecified atom stereocenters. The van der Waals surface area contributed by atoms with Gasteiger partial charge >= 0.3 is 0 Å². The van der Waals surface area contributed by atoms with E-state index >= 15 is 0 Å². The van der Waals surface area contributed by atoms with Crippen molar-refractivity contribution in [3.8, 4) is 0 Å². The van der Waals surface area contributed by atoms with Crippen LogP contribution in [0.5, 0.6) is 0 Å². The highest BCUT2D eigenvalue weighted by Gasteiger charge is 2.51. The number of nitrogens with zero attached hydrogens (tertiary/aromatic N) is 2. The highest BCUT2D eigenvalue weighted by atomic mass is 15.2. The molecule has 0 aromatic rings. The SMILES string of the molecule is CC1C2CC3=C(CCC4=C3C=CN=CCC41C)N2CC1CC1. The second kappa shape index (κ2) is 4.37. The molecule has 3 atom stereocenters. The zero-order valence-electron chi connectivity index (χ0n) is 13.8. The molecule has 22 heavy (non-hydrogen) atoms. The van der Waals surface area contributed by atoms with Gasteiger partial charge in [-0.3, -0.25) is 4.99 Å². The Kier molecular flexibility index (Phi) is 2.61. The lowest BCUT2D eigenvalue weighted by Crippen LogP contribution is -2.46. The summed E-state index contributed by atoms with van der Waals surface area (Å²) in [7, 11) is 0. The van der Waals surface area contributed by atoms with Gasteiger partial charge in [-0.15, -0.1) is 0 Å². The Labute approximate surface area is 133 Å². The summed E-state index contributed by atoms with van der Waals surface area (Å²) in [5.41, 5.74) is 6.96. The molecule has 3 aliphatic carbocycles. The van der Waals surface area contributed by atoms with Crippen LogP contribution in [0.15, 0.2) is 39.7 Å². The molecule has 0 saturated heterocycles. The molecule has 2 heterocycles. The molecule has 0 aromatic carbocycles. The quantitative estimate of drug-likeness (QED) is 0.734. The monoisotopic (exact) mass is 294 g/mol. The lowest BCUT2D eigenvalue weighted by Gasteiger charge is -2.48. The molecule has 0 amide bonds. The molecule has 116 valence electrons. The summed E-state index contributed by atoms with van der Waals surface area (Å²) in [6.07, 6.45) is 14.3. The van der Waals surface area contributed by atoms with Crippen molar-refractivity contribution in [1.82, 2.24) is 4.90 Å². The third-order valence-electron chi connectivity index (χ3n) is 7.14. The van der Waals surface area contributed by atoms with Crippen LogP contribution in [0.4, 0.5) is 0 Å². The lowest BCUT2D eigenvalue weighted by molar-refractivity contribution is 0.112. The van der Waals surface area contributed by atoms with Crippen LogP contribution in [0, 0.1) is 17.3 Å². The van der Waals surface area contributed by atoms with Crippen molar-refractivity contribution in [3.05, 3.63) is 34.7 Å². The molecule has 5 aliphatic rings. The van der Waals surface area contributed by atoms with Crippen molar-refractivity contribution in [2.24, 2.45) is 22.2 Å². The third kappa shape index (κ3) is 1.64. The largest absolute Gasteiger partial charge is 0.371 e. The summed E-state index contributed by atoms with van der Waals surface area (Å²) in [6, 6.07) is 0.725. The molecule has 5 bridgehead atoms. The fourth-order valence-electron chi connectivity index (χ4n) is 5.43. The summed E-state index contributed by atoms with van der Waals surface area (Å²) in [6.45, 7) is 6.35. The summed E-state index contributed by atoms with van der Waals surface area (Å²) >= 11 is 0. The van der Waals surface area contributed by atoms with Gasteiger partial charge < -0.3 is 4.90 Å². The van der Waals surface area contributed by atoms with E-state index in [4.69, 9.17) is 0 Å². The van der Waals surface area contributed by atoms with Crippen LogP contribution in [0.25, 0.3) is 0 Å². The molecule has 0 spiro atoms. The second-order valence-electron chi connectivity index (χ2n) is 8.24. The van der Waals surface area contributed by atoms with E-state index in [1.807, 2.05) is 6.20 Å². The highest BCUT2D eigenvalue weighted by molar-refractivity contribution is 5.65. The van der Waals surface area contributed by atoms with Gasteiger partial charge in [-0.2, -0.15) is 0 Å². The summed E-state index contributed by atoms with van der Waals surface area (Å²) < 4.78 is 0. The predicted molar refractivity (Wildman–Crippen MR) is 90.6 cm³/mol. The second-order valence-corrected chi connectivity index (χ2v) is 8.24. The topological polar surface area (TPSA) is 15.6 Å². The average Bonchev–Trinajstić information content (AvgIpc) is 3.24. The van der Waals surface area contributed by atoms with Gasteiger partial charge in [0.15, 0.2) is 0 Å². The van der Waals surface area contributed by atoms with Crippen molar-refractivity contribution in [2.45, 2.75) is 58.4 Å². The molecule has 0 radical (unpaired) electrons. The highest BCUT2D eigenvalue weighted by Crippen LogP contribution is 2.58. The molecule has 2 aliphatic heterocycles. The Bertz CT molecular complexity index is 647. The number of aliphatic imine (C=N–C) groups is 1. The zero-order valence-corrected chi connectivity index (χ0v) is 13.8. The summed E-state index contributed by atoms with van der Waals surface area (Å²) in [5.74, 6) is 1.69. The standard InChI is InChI=1S/C20H26N2/c1-13-19-11-16-15-7-9-21-10-8-20(13,2)17(15)5-6-18(16)22(19)12-14-3-4-14/h7,9-10,13-14,19H,3-6,8,11-12H2,1-2H3. The van der Waals surface area contributed by atoms with Gasteiger partial charge in [0.1, 0.15) is 0 Å². The van der Waals surface area contributed by atoms with Crippen molar-refractivity contribution >= 4 is 6.21 Å². The molecular weight excluding hydrogens is 268 g/mol. The third-order valence-corrected chi connectivity index (χ3v) is 7.14. The first-order chi connectivity index (χ1) is 10.7. The Morgan fingerprint density at radius 1 is 1.32 bits per heavy atom. The van der Waals surface area contributed by atoms with E-state index in [2.05, 4.69) is 36.0 Å². The molecule has 5 rings (SSSR count). The maximum absolute atomic E-state index is 4.50. The molecule has 0 aromatic heterocycles. The van der Waals surface area contributed by atoms with Crippen molar-refractivity contribution in [3.63, 3.8) is 0 Å². The Hall–Kier alpha value is -1.31. The minimum Gasteiger partial charge on any atom is -0.371 e. The number of allylic oxidation sites excluding steroid dienone is 4. The Balaban J connectivity index is 1.69. The van der Waals surface area contributed by atoms with E-state index in [0.717, 1.165) is 18.4 Å². The number of hydrogen-bond acceptors (Lipinski definition) is 2. The van der Waals surface area contributed by atoms with Gasteiger partial charge in [0.05, 0.1) is 0 Å². The fourth-order valence-corrected chi connectivity index (χ4v) is 5.43. The summed E-state index contributed by atoms with van der Waals surface area (Å²) in [5, 5.41) is 0. The summed E-state index contributed by atoms with van der Waals surface area (Å²) in [4.78, 5) is 7.35. The van der Waals surface area contributed by atoms with Crippen molar-refractivity contribution < 1.29 is 0 Å². The van der Waals surface area contributed by atoms with E-state index in [1.54, 1.807) is 22.4 Å². The average molecular weight is 294 g/mol. The van der Waals surface area contributed by atoms with E-state index in [9.17, 15) is 0 Å². The number of hydrogen-bond donors (Lipinski definition) is 0. The molecule has 1 fully saturated rings. The van der Waals surface area contributed by atoms with Crippen LogP contribution >= 0.6 is 0 Å². The minimum absolute atomic E-state index is 0.295. The minimum atomic E-state index is 0.295. The van der Waals surface area contributed by atoms with Crippen LogP contribution in [0.3, 0.4) is 0 Å². The van der Waals surface area contributed by atoms with Crippen molar-refractivity contribution in [1.29, 1.82) is 0 Å². The number of rotatable bonds is 2. The van der Waals surface area contributed by atoms with Gasteiger partial charge in [0.25, 0.3) is 0 Å². The smallest absolute Gasteiger partial charge is 0.0362 e. The van der Waals surface area contributed by atoms with Crippen LogP contribution in [-0.2, 0) is 0 Å². The van der Waals surface area contributed by atoms with Gasteiger partial charge in [-0.25, -0.2) is 0 Å². The maximum Gasteiger partial charge on any atom is 0.0362 e. The van der Waals surface area contributed by atoms with Crippen molar-refractivity contribution in [2.75, 3.05) is 6.54 Å². The van der Waals surface area contributed by atoms with E-state index in [1.165, 1.54) is 38.6 Å². The first-order valence-corrected chi connectivity index (χ1v) is 9.09. The molecule has 0 N–H and O–H groups in total. The van der Waals surface area contributed by atoms with Gasteiger partial charge in [-0.1, -0.05) is 19.4 Å². The lowest BCUT2D eigenvalue weighted by atomic mass is 9.64. The van der Waals surface area contributed by atoms with E-state index in [-0.39, 0.29) is 0 Å². The van der Waals surface area contributed by atoms with Gasteiger partial charge in [0, 0.05) is 30.7 Å².